The van der Waals surface area contributed by atoms with Crippen LogP contribution < -0.4 is 0 Å². The first-order valence-corrected chi connectivity index (χ1v) is 7.15. The number of nitrogens with zero attached hydrogens (tertiary/aromatic N) is 1. The lowest BCUT2D eigenvalue weighted by Crippen LogP contribution is -2.38. The molecule has 0 aliphatic heterocycles. The van der Waals surface area contributed by atoms with Gasteiger partial charge in [0.05, 0.1) is 12.2 Å². The van der Waals surface area contributed by atoms with Gasteiger partial charge in [-0.25, -0.2) is 0 Å². The first-order chi connectivity index (χ1) is 9.65. The lowest BCUT2D eigenvalue weighted by molar-refractivity contribution is 0.0699. The van der Waals surface area contributed by atoms with E-state index in [1.807, 2.05) is 36.1 Å². The second-order valence-electron chi connectivity index (χ2n) is 4.67. The summed E-state index contributed by atoms with van der Waals surface area (Å²) in [5, 5.41) is 8.78. The van der Waals surface area contributed by atoms with Gasteiger partial charge in [0, 0.05) is 24.6 Å². The average Bonchev–Trinajstić information content (AvgIpc) is 2.48. The van der Waals surface area contributed by atoms with Gasteiger partial charge in [0.1, 0.15) is 0 Å². The van der Waals surface area contributed by atoms with E-state index in [4.69, 9.17) is 5.11 Å². The van der Waals surface area contributed by atoms with E-state index in [9.17, 15) is 4.79 Å². The second-order valence-corrected chi connectivity index (χ2v) is 4.67. The van der Waals surface area contributed by atoms with Crippen LogP contribution in [0.4, 0.5) is 0 Å². The van der Waals surface area contributed by atoms with E-state index in [0.29, 0.717) is 18.5 Å². The summed E-state index contributed by atoms with van der Waals surface area (Å²) >= 11 is 0. The zero-order valence-electron chi connectivity index (χ0n) is 12.5. The molecule has 0 bridgehead atoms. The summed E-state index contributed by atoms with van der Waals surface area (Å²) in [5.74, 6) is 5.87. The van der Waals surface area contributed by atoms with Crippen molar-refractivity contribution in [2.75, 3.05) is 13.2 Å². The first kappa shape index (κ1) is 16.3. The number of carbonyl (C=O) groups excluding carboxylic acids is 1. The molecule has 108 valence electrons. The molecule has 1 unspecified atom stereocenters. The predicted octanol–water partition coefficient (Wildman–Crippen LogP) is 2.68. The minimum absolute atomic E-state index is 0.0238. The third-order valence-corrected chi connectivity index (χ3v) is 3.34. The monoisotopic (exact) mass is 273 g/mol. The van der Waals surface area contributed by atoms with Crippen LogP contribution in [0.5, 0.6) is 0 Å². The van der Waals surface area contributed by atoms with E-state index in [-0.39, 0.29) is 18.6 Å². The second kappa shape index (κ2) is 8.39. The Morgan fingerprint density at radius 3 is 2.65 bits per heavy atom. The first-order valence-electron chi connectivity index (χ1n) is 7.15. The van der Waals surface area contributed by atoms with Crippen molar-refractivity contribution in [3.63, 3.8) is 0 Å². The van der Waals surface area contributed by atoms with E-state index < -0.39 is 0 Å². The topological polar surface area (TPSA) is 40.5 Å². The van der Waals surface area contributed by atoms with Gasteiger partial charge in [0.15, 0.2) is 0 Å². The number of amides is 1. The minimum Gasteiger partial charge on any atom is -0.395 e. The quantitative estimate of drug-likeness (QED) is 0.838. The Bertz CT molecular complexity index is 499. The molecule has 0 fully saturated rings. The third kappa shape index (κ3) is 4.11. The lowest BCUT2D eigenvalue weighted by Gasteiger charge is -2.27. The van der Waals surface area contributed by atoms with Crippen molar-refractivity contribution < 1.29 is 9.90 Å². The van der Waals surface area contributed by atoms with Gasteiger partial charge in [-0.2, -0.15) is 0 Å². The number of aliphatic hydroxyl groups is 1. The molecular formula is C17H23NO2. The van der Waals surface area contributed by atoms with Crippen molar-refractivity contribution in [1.29, 1.82) is 0 Å². The molecule has 0 aliphatic rings. The Morgan fingerprint density at radius 2 is 2.05 bits per heavy atom. The summed E-state index contributed by atoms with van der Waals surface area (Å²) in [6.45, 7) is 6.85. The van der Waals surface area contributed by atoms with Crippen LogP contribution in [-0.4, -0.2) is 35.1 Å². The van der Waals surface area contributed by atoms with Crippen molar-refractivity contribution in [2.24, 2.45) is 0 Å². The van der Waals surface area contributed by atoms with E-state index in [2.05, 4.69) is 25.7 Å². The zero-order valence-corrected chi connectivity index (χ0v) is 12.5. The zero-order chi connectivity index (χ0) is 15.0. The maximum Gasteiger partial charge on any atom is 0.255 e. The van der Waals surface area contributed by atoms with Gasteiger partial charge in [-0.1, -0.05) is 30.9 Å². The molecule has 3 nitrogen and oxygen atoms in total. The van der Waals surface area contributed by atoms with Crippen LogP contribution in [0.2, 0.25) is 0 Å². The highest BCUT2D eigenvalue weighted by Crippen LogP contribution is 2.14. The van der Waals surface area contributed by atoms with Crippen LogP contribution in [0.3, 0.4) is 0 Å². The summed E-state index contributed by atoms with van der Waals surface area (Å²) in [7, 11) is 0. The Morgan fingerprint density at radius 1 is 1.35 bits per heavy atom. The van der Waals surface area contributed by atoms with E-state index in [1.165, 1.54) is 0 Å². The largest absolute Gasteiger partial charge is 0.395 e. The van der Waals surface area contributed by atoms with Gasteiger partial charge in [-0.3, -0.25) is 4.79 Å². The molecule has 20 heavy (non-hydrogen) atoms. The summed E-state index contributed by atoms with van der Waals surface area (Å²) in [5.41, 5.74) is 1.37. The molecule has 0 radical (unpaired) electrons. The van der Waals surface area contributed by atoms with Crippen LogP contribution in [0.15, 0.2) is 24.3 Å². The predicted molar refractivity (Wildman–Crippen MR) is 81.5 cm³/mol. The van der Waals surface area contributed by atoms with Gasteiger partial charge >= 0.3 is 0 Å². The smallest absolute Gasteiger partial charge is 0.255 e. The standard InChI is InChI=1S/C17H23NO2/c1-4-14(3)18(5-2)17(20)16-12-7-6-10-15(16)11-8-9-13-19/h6-7,10,12,14,19H,4-5,9,13H2,1-3H3. The van der Waals surface area contributed by atoms with Gasteiger partial charge < -0.3 is 10.0 Å². The Hall–Kier alpha value is -1.79. The highest BCUT2D eigenvalue weighted by Gasteiger charge is 2.20. The van der Waals surface area contributed by atoms with Crippen LogP contribution in [-0.2, 0) is 0 Å². The molecule has 3 heteroatoms. The fraction of sp³-hybridized carbons (Fsp3) is 0.471. The van der Waals surface area contributed by atoms with Crippen LogP contribution in [0.25, 0.3) is 0 Å². The SMILES string of the molecule is CCC(C)N(CC)C(=O)c1ccccc1C#CCCO. The van der Waals surface area contributed by atoms with Gasteiger partial charge in [-0.05, 0) is 32.4 Å². The number of benzene rings is 1. The maximum absolute atomic E-state index is 12.6. The van der Waals surface area contributed by atoms with Crippen molar-refractivity contribution in [2.45, 2.75) is 39.7 Å². The molecule has 0 saturated carbocycles. The molecule has 1 N–H and O–H groups in total. The number of aliphatic hydroxyl groups excluding tert-OH is 1. The van der Waals surface area contributed by atoms with Crippen molar-refractivity contribution in [1.82, 2.24) is 4.90 Å². The van der Waals surface area contributed by atoms with Gasteiger partial charge in [0.2, 0.25) is 0 Å². The summed E-state index contributed by atoms with van der Waals surface area (Å²) in [6, 6.07) is 7.61. The van der Waals surface area contributed by atoms with Crippen LogP contribution in [0.1, 0.15) is 49.5 Å². The molecular weight excluding hydrogens is 250 g/mol. The average molecular weight is 273 g/mol. The molecule has 1 atom stereocenters. The molecule has 1 rings (SSSR count). The van der Waals surface area contributed by atoms with E-state index in [1.54, 1.807) is 0 Å². The molecule has 0 aliphatic carbocycles. The number of rotatable bonds is 5. The molecule has 1 aromatic rings. The minimum atomic E-state index is 0.0238. The van der Waals surface area contributed by atoms with Crippen molar-refractivity contribution >= 4 is 5.91 Å². The Labute approximate surface area is 121 Å². The van der Waals surface area contributed by atoms with Crippen LogP contribution >= 0.6 is 0 Å². The van der Waals surface area contributed by atoms with Crippen LogP contribution in [0, 0.1) is 11.8 Å². The summed E-state index contributed by atoms with van der Waals surface area (Å²) in [4.78, 5) is 14.5. The normalized spacial score (nSPS) is 11.4. The van der Waals surface area contributed by atoms with E-state index >= 15 is 0 Å². The molecule has 1 aromatic carbocycles. The summed E-state index contributed by atoms with van der Waals surface area (Å²) in [6.07, 6.45) is 1.35. The number of carbonyl (C=O) groups is 1. The molecule has 0 aromatic heterocycles. The Balaban J connectivity index is 3.07. The fourth-order valence-electron chi connectivity index (χ4n) is 2.02. The third-order valence-electron chi connectivity index (χ3n) is 3.34. The molecule has 0 saturated heterocycles. The highest BCUT2D eigenvalue weighted by atomic mass is 16.2. The molecule has 1 amide bonds. The number of hydrogen-bond acceptors (Lipinski definition) is 2. The van der Waals surface area contributed by atoms with Gasteiger partial charge in [0.25, 0.3) is 5.91 Å². The molecule has 0 spiro atoms. The summed E-state index contributed by atoms with van der Waals surface area (Å²) < 4.78 is 0. The van der Waals surface area contributed by atoms with Crippen molar-refractivity contribution in [3.8, 4) is 11.8 Å². The highest BCUT2D eigenvalue weighted by molar-refractivity contribution is 5.96. The fourth-order valence-corrected chi connectivity index (χ4v) is 2.02. The molecule has 0 heterocycles. The number of hydrogen-bond donors (Lipinski definition) is 1. The van der Waals surface area contributed by atoms with Crippen molar-refractivity contribution in [3.05, 3.63) is 35.4 Å². The lowest BCUT2D eigenvalue weighted by atomic mass is 10.0. The van der Waals surface area contributed by atoms with Gasteiger partial charge in [-0.15, -0.1) is 0 Å². The Kier molecular flexibility index (Phi) is 6.83. The maximum atomic E-state index is 12.6. The van der Waals surface area contributed by atoms with E-state index in [0.717, 1.165) is 12.0 Å².